The number of carbonyl (C=O) groups is 1. The standard InChI is InChI=1S/C16H18N2OS/c1-11-10-20-15(17-11)9-18(2)16(19)14-8-7-12-5-3-4-6-13(12)14/h3-6,10,14H,7-9H2,1-2H3/t14-/m0/s1. The second-order valence-corrected chi connectivity index (χ2v) is 6.31. The van der Waals surface area contributed by atoms with Crippen LogP contribution in [-0.2, 0) is 17.8 Å². The molecule has 1 aliphatic carbocycles. The van der Waals surface area contributed by atoms with Crippen LogP contribution in [0.5, 0.6) is 0 Å². The number of likely N-dealkylation sites (N-methyl/N-ethyl adjacent to an activating group) is 1. The summed E-state index contributed by atoms with van der Waals surface area (Å²) in [5.41, 5.74) is 3.56. The van der Waals surface area contributed by atoms with Gasteiger partial charge in [-0.1, -0.05) is 24.3 Å². The number of fused-ring (bicyclic) bond motifs is 1. The number of carbonyl (C=O) groups excluding carboxylic acids is 1. The van der Waals surface area contributed by atoms with Crippen LogP contribution in [0.1, 0.15) is 34.2 Å². The first kappa shape index (κ1) is 13.3. The van der Waals surface area contributed by atoms with Crippen LogP contribution < -0.4 is 0 Å². The number of aryl methyl sites for hydroxylation is 2. The van der Waals surface area contributed by atoms with Crippen LogP contribution in [0.3, 0.4) is 0 Å². The number of hydrogen-bond donors (Lipinski definition) is 0. The van der Waals surface area contributed by atoms with Gasteiger partial charge in [-0.3, -0.25) is 4.79 Å². The summed E-state index contributed by atoms with van der Waals surface area (Å²) in [5.74, 6) is 0.236. The van der Waals surface area contributed by atoms with E-state index in [1.165, 1.54) is 11.1 Å². The second kappa shape index (κ2) is 5.37. The first-order valence-corrected chi connectivity index (χ1v) is 7.77. The molecule has 1 aliphatic rings. The summed E-state index contributed by atoms with van der Waals surface area (Å²) >= 11 is 1.62. The molecule has 0 saturated carbocycles. The number of rotatable bonds is 3. The van der Waals surface area contributed by atoms with Gasteiger partial charge in [0.2, 0.25) is 5.91 Å². The molecule has 104 valence electrons. The van der Waals surface area contributed by atoms with Crippen LogP contribution in [0.2, 0.25) is 0 Å². The summed E-state index contributed by atoms with van der Waals surface area (Å²) in [4.78, 5) is 18.9. The van der Waals surface area contributed by atoms with Gasteiger partial charge in [-0.2, -0.15) is 0 Å². The summed E-state index contributed by atoms with van der Waals surface area (Å²) in [6.07, 6.45) is 1.94. The molecule has 0 N–H and O–H groups in total. The molecule has 20 heavy (non-hydrogen) atoms. The zero-order chi connectivity index (χ0) is 14.1. The smallest absolute Gasteiger partial charge is 0.230 e. The number of thiazole rings is 1. The molecule has 1 aromatic heterocycles. The zero-order valence-electron chi connectivity index (χ0n) is 11.8. The van der Waals surface area contributed by atoms with E-state index in [1.807, 2.05) is 36.4 Å². The van der Waals surface area contributed by atoms with Gasteiger partial charge < -0.3 is 4.90 Å². The van der Waals surface area contributed by atoms with Gasteiger partial charge in [0.15, 0.2) is 0 Å². The van der Waals surface area contributed by atoms with Gasteiger partial charge in [0, 0.05) is 18.1 Å². The van der Waals surface area contributed by atoms with Crippen molar-refractivity contribution in [2.75, 3.05) is 7.05 Å². The van der Waals surface area contributed by atoms with Gasteiger partial charge >= 0.3 is 0 Å². The molecule has 0 unspecified atom stereocenters. The molecule has 0 radical (unpaired) electrons. The van der Waals surface area contributed by atoms with E-state index in [0.29, 0.717) is 6.54 Å². The van der Waals surface area contributed by atoms with E-state index >= 15 is 0 Å². The molecule has 3 nitrogen and oxygen atoms in total. The molecular formula is C16H18N2OS. The van der Waals surface area contributed by atoms with Gasteiger partial charge in [0.1, 0.15) is 5.01 Å². The van der Waals surface area contributed by atoms with Crippen molar-refractivity contribution in [3.05, 3.63) is 51.5 Å². The third kappa shape index (κ3) is 2.48. The summed E-state index contributed by atoms with van der Waals surface area (Å²) in [5, 5.41) is 3.03. The minimum atomic E-state index is 0.0252. The number of hydrogen-bond acceptors (Lipinski definition) is 3. The van der Waals surface area contributed by atoms with E-state index < -0.39 is 0 Å². The fourth-order valence-electron chi connectivity index (χ4n) is 2.84. The number of nitrogens with zero attached hydrogens (tertiary/aromatic N) is 2. The Kier molecular flexibility index (Phi) is 3.57. The maximum Gasteiger partial charge on any atom is 0.230 e. The maximum atomic E-state index is 12.6. The average molecular weight is 286 g/mol. The monoisotopic (exact) mass is 286 g/mol. The summed E-state index contributed by atoms with van der Waals surface area (Å²) in [7, 11) is 1.88. The van der Waals surface area contributed by atoms with Gasteiger partial charge in [-0.15, -0.1) is 11.3 Å². The van der Waals surface area contributed by atoms with Crippen molar-refractivity contribution >= 4 is 17.2 Å². The SMILES string of the molecule is Cc1csc(CN(C)C(=O)[C@H]2CCc3ccccc32)n1. The highest BCUT2D eigenvalue weighted by Crippen LogP contribution is 2.34. The van der Waals surface area contributed by atoms with Crippen molar-refractivity contribution in [2.24, 2.45) is 0 Å². The van der Waals surface area contributed by atoms with Crippen molar-refractivity contribution in [2.45, 2.75) is 32.2 Å². The lowest BCUT2D eigenvalue weighted by Gasteiger charge is -2.20. The third-order valence-electron chi connectivity index (χ3n) is 3.85. The normalized spacial score (nSPS) is 17.0. The predicted molar refractivity (Wildman–Crippen MR) is 80.8 cm³/mol. The lowest BCUT2D eigenvalue weighted by molar-refractivity contribution is -0.132. The Hall–Kier alpha value is -1.68. The highest BCUT2D eigenvalue weighted by molar-refractivity contribution is 7.09. The molecule has 0 spiro atoms. The van der Waals surface area contributed by atoms with E-state index in [-0.39, 0.29) is 11.8 Å². The first-order chi connectivity index (χ1) is 9.65. The molecule has 4 heteroatoms. The van der Waals surface area contributed by atoms with E-state index in [9.17, 15) is 4.79 Å². The third-order valence-corrected chi connectivity index (χ3v) is 4.80. The predicted octanol–water partition coefficient (Wildman–Crippen LogP) is 3.14. The zero-order valence-corrected chi connectivity index (χ0v) is 12.6. The van der Waals surface area contributed by atoms with E-state index in [4.69, 9.17) is 0 Å². The summed E-state index contributed by atoms with van der Waals surface area (Å²) in [6.45, 7) is 2.59. The Labute approximate surface area is 123 Å². The lowest BCUT2D eigenvalue weighted by atomic mass is 10.00. The van der Waals surface area contributed by atoms with Gasteiger partial charge in [0.25, 0.3) is 0 Å². The second-order valence-electron chi connectivity index (χ2n) is 5.37. The van der Waals surface area contributed by atoms with Crippen LogP contribution in [0.25, 0.3) is 0 Å². The van der Waals surface area contributed by atoms with Crippen LogP contribution in [-0.4, -0.2) is 22.8 Å². The Morgan fingerprint density at radius 3 is 3.00 bits per heavy atom. The van der Waals surface area contributed by atoms with Crippen LogP contribution >= 0.6 is 11.3 Å². The van der Waals surface area contributed by atoms with E-state index in [1.54, 1.807) is 11.3 Å². The van der Waals surface area contributed by atoms with Crippen molar-refractivity contribution in [1.82, 2.24) is 9.88 Å². The molecule has 3 rings (SSSR count). The van der Waals surface area contributed by atoms with Gasteiger partial charge in [-0.25, -0.2) is 4.98 Å². The van der Waals surface area contributed by atoms with Crippen LogP contribution in [0.4, 0.5) is 0 Å². The maximum absolute atomic E-state index is 12.6. The fraction of sp³-hybridized carbons (Fsp3) is 0.375. The van der Waals surface area contributed by atoms with Crippen LogP contribution in [0.15, 0.2) is 29.6 Å². The minimum Gasteiger partial charge on any atom is -0.338 e. The van der Waals surface area contributed by atoms with Crippen molar-refractivity contribution in [3.63, 3.8) is 0 Å². The number of benzene rings is 1. The Morgan fingerprint density at radius 2 is 2.25 bits per heavy atom. The van der Waals surface area contributed by atoms with E-state index in [0.717, 1.165) is 23.5 Å². The highest BCUT2D eigenvalue weighted by Gasteiger charge is 2.30. The average Bonchev–Trinajstić information content (AvgIpc) is 3.04. The van der Waals surface area contributed by atoms with E-state index in [2.05, 4.69) is 17.1 Å². The topological polar surface area (TPSA) is 33.2 Å². The summed E-state index contributed by atoms with van der Waals surface area (Å²) in [6, 6.07) is 8.29. The lowest BCUT2D eigenvalue weighted by Crippen LogP contribution is -2.30. The molecule has 2 aromatic rings. The van der Waals surface area contributed by atoms with Gasteiger partial charge in [0.05, 0.1) is 12.5 Å². The summed E-state index contributed by atoms with van der Waals surface area (Å²) < 4.78 is 0. The Bertz CT molecular complexity index is 635. The Balaban J connectivity index is 1.73. The molecule has 1 heterocycles. The molecule has 1 aromatic carbocycles. The molecule has 0 bridgehead atoms. The number of amides is 1. The van der Waals surface area contributed by atoms with Crippen molar-refractivity contribution in [1.29, 1.82) is 0 Å². The minimum absolute atomic E-state index is 0.0252. The van der Waals surface area contributed by atoms with Crippen LogP contribution in [0, 0.1) is 6.92 Å². The molecule has 1 atom stereocenters. The fourth-order valence-corrected chi connectivity index (χ4v) is 3.66. The molecule has 0 aliphatic heterocycles. The molecule has 1 amide bonds. The first-order valence-electron chi connectivity index (χ1n) is 6.89. The van der Waals surface area contributed by atoms with Crippen molar-refractivity contribution in [3.8, 4) is 0 Å². The number of aromatic nitrogens is 1. The largest absolute Gasteiger partial charge is 0.338 e. The Morgan fingerprint density at radius 1 is 1.45 bits per heavy atom. The molecular weight excluding hydrogens is 268 g/mol. The van der Waals surface area contributed by atoms with Gasteiger partial charge in [-0.05, 0) is 30.9 Å². The van der Waals surface area contributed by atoms with Crippen molar-refractivity contribution < 1.29 is 4.79 Å². The molecule has 0 fully saturated rings. The molecule has 0 saturated heterocycles. The highest BCUT2D eigenvalue weighted by atomic mass is 32.1. The quantitative estimate of drug-likeness (QED) is 0.868.